The van der Waals surface area contributed by atoms with Crippen molar-refractivity contribution in [1.29, 1.82) is 0 Å². The summed E-state index contributed by atoms with van der Waals surface area (Å²) in [5.41, 5.74) is 11.5. The highest BCUT2D eigenvalue weighted by molar-refractivity contribution is 5.51. The summed E-state index contributed by atoms with van der Waals surface area (Å²) in [7, 11) is 0. The predicted octanol–water partition coefficient (Wildman–Crippen LogP) is 29.7. The summed E-state index contributed by atoms with van der Waals surface area (Å²) in [5, 5.41) is 96.4. The molecule has 0 spiro atoms. The molecule has 0 aromatic heterocycles. The van der Waals surface area contributed by atoms with Crippen LogP contribution in [0.1, 0.15) is 258 Å². The molecule has 0 radical (unpaired) electrons. The van der Waals surface area contributed by atoms with Crippen LogP contribution in [0.25, 0.3) is 0 Å². The third-order valence-corrected chi connectivity index (χ3v) is 18.6. The summed E-state index contributed by atoms with van der Waals surface area (Å²) in [6.07, 6.45) is -12.7. The molecule has 12 aromatic carbocycles. The first-order valence-electron chi connectivity index (χ1n) is 40.4. The van der Waals surface area contributed by atoms with Gasteiger partial charge in [0.2, 0.25) is 0 Å². The first-order valence-corrected chi connectivity index (χ1v) is 40.4. The van der Waals surface area contributed by atoms with E-state index >= 15 is 0 Å². The van der Waals surface area contributed by atoms with Crippen LogP contribution < -0.4 is 0 Å². The predicted molar refractivity (Wildman–Crippen MR) is 472 cm³/mol. The highest BCUT2D eigenvalue weighted by Crippen LogP contribution is 2.47. The molecule has 650 valence electrons. The van der Waals surface area contributed by atoms with Crippen LogP contribution in [0.4, 0.5) is 39.5 Å². The second kappa shape index (κ2) is 49.5. The van der Waals surface area contributed by atoms with Gasteiger partial charge in [-0.3, -0.25) is 0 Å². The Bertz CT molecular complexity index is 4230. The van der Waals surface area contributed by atoms with Gasteiger partial charge in [0.1, 0.15) is 46.0 Å². The van der Waals surface area contributed by atoms with E-state index in [4.69, 9.17) is 10.2 Å². The molecule has 0 aliphatic rings. The fourth-order valence-electron chi connectivity index (χ4n) is 12.6. The lowest BCUT2D eigenvalue weighted by Gasteiger charge is -2.29. The van der Waals surface area contributed by atoms with Crippen LogP contribution in [0.3, 0.4) is 0 Å². The third-order valence-electron chi connectivity index (χ3n) is 18.6. The fraction of sp³-hybridized carbons (Fsp3) is 0.294. The van der Waals surface area contributed by atoms with Gasteiger partial charge in [0.15, 0.2) is 11.5 Å². The molecule has 12 aromatic rings. The van der Waals surface area contributed by atoms with Crippen molar-refractivity contribution in [3.05, 3.63) is 367 Å². The number of phenolic OH excluding ortho intramolecular Hbond substituents is 10. The highest BCUT2D eigenvalue weighted by Gasteiger charge is 2.35. The van der Waals surface area contributed by atoms with Crippen molar-refractivity contribution in [1.82, 2.24) is 0 Å². The first kappa shape index (κ1) is 103. The maximum absolute atomic E-state index is 12.4. The molecule has 0 saturated carbocycles. The smallest absolute Gasteiger partial charge is 0.416 e. The van der Waals surface area contributed by atoms with Gasteiger partial charge in [-0.05, 0) is 257 Å². The van der Waals surface area contributed by atoms with E-state index in [2.05, 4.69) is 0 Å². The molecule has 10 N–H and O–H groups in total. The molecule has 0 saturated heterocycles. The van der Waals surface area contributed by atoms with Gasteiger partial charge in [-0.15, -0.1) is 0 Å². The molecular weight excluding hydrogens is 1560 g/mol. The first-order chi connectivity index (χ1) is 57.0. The summed E-state index contributed by atoms with van der Waals surface area (Å²) < 4.78 is 112. The Morgan fingerprint density at radius 3 is 0.463 bits per heavy atom. The molecule has 0 bridgehead atoms. The summed E-state index contributed by atoms with van der Waals surface area (Å²) >= 11 is 0. The van der Waals surface area contributed by atoms with E-state index in [1.807, 2.05) is 208 Å². The van der Waals surface area contributed by atoms with Gasteiger partial charge in [-0.1, -0.05) is 249 Å². The van der Waals surface area contributed by atoms with Crippen molar-refractivity contribution in [2.75, 3.05) is 0 Å². The van der Waals surface area contributed by atoms with E-state index < -0.39 is 35.2 Å². The lowest BCUT2D eigenvalue weighted by atomic mass is 9.73. The van der Waals surface area contributed by atoms with Crippen LogP contribution >= 0.6 is 0 Å². The minimum absolute atomic E-state index is 0.0452. The number of benzene rings is 12. The lowest BCUT2D eigenvalue weighted by molar-refractivity contribution is -0.138. The van der Waals surface area contributed by atoms with Crippen molar-refractivity contribution in [2.24, 2.45) is 0 Å². The number of hydrogen-bond acceptors (Lipinski definition) is 10. The van der Waals surface area contributed by atoms with Crippen LogP contribution in [0, 0.1) is 20.8 Å². The van der Waals surface area contributed by atoms with Crippen molar-refractivity contribution in [3.8, 4) is 57.5 Å². The Labute approximate surface area is 708 Å². The number of aryl methyl sites for hydroxylation is 3. The number of alkyl halides is 9. The molecule has 0 amide bonds. The van der Waals surface area contributed by atoms with E-state index in [-0.39, 0.29) is 98.9 Å². The highest BCUT2D eigenvalue weighted by atomic mass is 19.4. The zero-order valence-corrected chi connectivity index (χ0v) is 72.4. The molecule has 0 heterocycles. The van der Waals surface area contributed by atoms with Gasteiger partial charge in [0.25, 0.3) is 0 Å². The van der Waals surface area contributed by atoms with Crippen LogP contribution in [0.15, 0.2) is 267 Å². The molecule has 0 aliphatic heterocycles. The molecule has 12 rings (SSSR count). The SMILES string of the molecule is CC.CC.CC.CC.CC(C)c1ccc(O)c(O)c1.Cc1cc(C(C)C)cc(C(F)(F)F)c1.Cc1cc(C(C)C)cc(C(F)(F)F)c1.Cc1cc(C(C)C)cc(C(F)(F)F)c1.Oc1ccc(C(c2ccc(O)cc2)C(c2ccc(O)cc2)c2ccc(O)cc2)cc1.Oc1ccc(C(c2ccc(O)cc2)C(c2ccc(O)cc2)c2ccc(O)cc2)cc1. The lowest BCUT2D eigenvalue weighted by Crippen LogP contribution is -2.14. The van der Waals surface area contributed by atoms with Crippen LogP contribution in [-0.4, -0.2) is 51.1 Å². The molecular formula is C102H119F9O10. The minimum Gasteiger partial charge on any atom is -0.508 e. The monoisotopic (exact) mass is 1670 g/mol. The van der Waals surface area contributed by atoms with Crippen molar-refractivity contribution in [3.63, 3.8) is 0 Å². The number of halogens is 9. The minimum atomic E-state index is -4.24. The Balaban J connectivity index is 0.000000385. The average Bonchev–Trinajstić information content (AvgIpc) is 0.784. The molecule has 121 heavy (non-hydrogen) atoms. The molecule has 0 unspecified atom stereocenters. The zero-order valence-electron chi connectivity index (χ0n) is 72.4. The van der Waals surface area contributed by atoms with Crippen molar-refractivity contribution < 1.29 is 90.6 Å². The molecule has 19 heteroatoms. The molecule has 10 nitrogen and oxygen atoms in total. The second-order valence-corrected chi connectivity index (χ2v) is 28.9. The summed E-state index contributed by atoms with van der Waals surface area (Å²) in [5.74, 6) is 1.59. The third kappa shape index (κ3) is 33.3. The topological polar surface area (TPSA) is 202 Å². The van der Waals surface area contributed by atoms with E-state index in [9.17, 15) is 80.4 Å². The standard InChI is InChI=1S/2C26H22O4.3C11H13F3.C9H12O2.4C2H6/c2*27-21-9-1-17(2-10-21)25(18-3-11-22(28)12-4-18)26(19-5-13-23(29)14-6-19)20-7-15-24(30)16-8-20;3*1-7(2)9-4-8(3)5-10(6-9)11(12,13)14;1-6(2)7-3-4-8(10)9(11)5-7;4*1-2/h2*1-16,25-30H;3*4-7H,1-3H3;3-6,10-11H,1-2H3;4*1-2H3. The van der Waals surface area contributed by atoms with Crippen LogP contribution in [0.2, 0.25) is 0 Å². The molecule has 0 aliphatic carbocycles. The number of rotatable bonds is 14. The summed E-state index contributed by atoms with van der Waals surface area (Å²) in [4.78, 5) is 0. The van der Waals surface area contributed by atoms with Gasteiger partial charge in [-0.25, -0.2) is 0 Å². The van der Waals surface area contributed by atoms with E-state index in [0.29, 0.717) is 22.6 Å². The Morgan fingerprint density at radius 2 is 0.331 bits per heavy atom. The maximum atomic E-state index is 12.4. The summed E-state index contributed by atoms with van der Waals surface area (Å²) in [6.45, 7) is 36.4. The van der Waals surface area contributed by atoms with Crippen LogP contribution in [-0.2, 0) is 18.5 Å². The zero-order chi connectivity index (χ0) is 91.4. The molecule has 0 fully saturated rings. The molecule has 0 atom stereocenters. The normalized spacial score (nSPS) is 10.9. The van der Waals surface area contributed by atoms with Crippen LogP contribution in [0.5, 0.6) is 57.5 Å². The quantitative estimate of drug-likeness (QED) is 0.0369. The van der Waals surface area contributed by atoms with E-state index in [0.717, 1.165) is 66.8 Å². The van der Waals surface area contributed by atoms with Crippen molar-refractivity contribution in [2.45, 2.75) is 197 Å². The van der Waals surface area contributed by atoms with Crippen molar-refractivity contribution >= 4 is 0 Å². The fourth-order valence-corrected chi connectivity index (χ4v) is 12.6. The van der Waals surface area contributed by atoms with Gasteiger partial charge in [-0.2, -0.15) is 39.5 Å². The summed E-state index contributed by atoms with van der Waals surface area (Å²) in [6, 6.07) is 74.2. The number of phenols is 10. The number of hydrogen-bond donors (Lipinski definition) is 10. The Hall–Kier alpha value is -12.0. The largest absolute Gasteiger partial charge is 0.508 e. The van der Waals surface area contributed by atoms with E-state index in [1.165, 1.54) is 42.5 Å². The van der Waals surface area contributed by atoms with E-state index in [1.54, 1.807) is 148 Å². The van der Waals surface area contributed by atoms with Gasteiger partial charge in [0.05, 0.1) is 16.7 Å². The maximum Gasteiger partial charge on any atom is 0.416 e. The average molecular weight is 1680 g/mol. The Kier molecular flexibility index (Phi) is 42.3. The van der Waals surface area contributed by atoms with Gasteiger partial charge >= 0.3 is 18.5 Å². The van der Waals surface area contributed by atoms with Gasteiger partial charge < -0.3 is 51.1 Å². The van der Waals surface area contributed by atoms with Gasteiger partial charge in [0, 0.05) is 23.7 Å². The second-order valence-electron chi connectivity index (χ2n) is 28.9. The number of aromatic hydroxyl groups is 10. The Morgan fingerprint density at radius 1 is 0.182 bits per heavy atom.